The highest BCUT2D eigenvalue weighted by molar-refractivity contribution is 6.34. The molecule has 46 heavy (non-hydrogen) atoms. The molecule has 0 saturated heterocycles. The van der Waals surface area contributed by atoms with E-state index in [1.54, 1.807) is 43.3 Å². The van der Waals surface area contributed by atoms with Gasteiger partial charge in [-0.2, -0.15) is 5.10 Å². The lowest BCUT2D eigenvalue weighted by Gasteiger charge is -2.28. The smallest absolute Gasteiger partial charge is 0.335 e. The number of nitrogens with one attached hydrogen (secondary N) is 3. The van der Waals surface area contributed by atoms with Crippen LogP contribution >= 0.6 is 11.6 Å². The Labute approximate surface area is 270 Å². The van der Waals surface area contributed by atoms with Crippen molar-refractivity contribution in [2.24, 2.45) is 5.92 Å². The second kappa shape index (κ2) is 12.9. The quantitative estimate of drug-likeness (QED) is 0.191. The van der Waals surface area contributed by atoms with E-state index in [2.05, 4.69) is 26.0 Å². The fraction of sp³-hybridized carbons (Fsp3) is 0.353. The van der Waals surface area contributed by atoms with Crippen molar-refractivity contribution in [3.05, 3.63) is 92.9 Å². The number of para-hydroxylation sites is 1. The first-order valence-electron chi connectivity index (χ1n) is 15.5. The summed E-state index contributed by atoms with van der Waals surface area (Å²) in [6.07, 6.45) is 8.01. The summed E-state index contributed by atoms with van der Waals surface area (Å²) in [5.41, 5.74) is 3.18. The number of anilines is 1. The lowest BCUT2D eigenvalue weighted by atomic mass is 9.84. The molecule has 11 nitrogen and oxygen atoms in total. The Bertz CT molecular complexity index is 1860. The van der Waals surface area contributed by atoms with E-state index < -0.39 is 23.7 Å². The molecule has 1 fully saturated rings. The second-order valence-corrected chi connectivity index (χ2v) is 12.5. The Hall–Kier alpha value is -4.77. The molecule has 0 radical (unpaired) electrons. The summed E-state index contributed by atoms with van der Waals surface area (Å²) in [5, 5.41) is 23.1. The van der Waals surface area contributed by atoms with Gasteiger partial charge >= 0.3 is 5.97 Å². The van der Waals surface area contributed by atoms with Gasteiger partial charge in [0.1, 0.15) is 17.0 Å². The Morgan fingerprint density at radius 3 is 2.48 bits per heavy atom. The number of carbonyl (C=O) groups excluding carboxylic acids is 3. The van der Waals surface area contributed by atoms with Crippen molar-refractivity contribution >= 4 is 46.6 Å². The van der Waals surface area contributed by atoms with Crippen molar-refractivity contribution < 1.29 is 24.3 Å². The lowest BCUT2D eigenvalue weighted by Crippen LogP contribution is -2.39. The molecule has 2 atom stereocenters. The van der Waals surface area contributed by atoms with Crippen LogP contribution in [0, 0.1) is 12.8 Å². The number of carboxylic acids is 1. The molecule has 2 aromatic heterocycles. The van der Waals surface area contributed by atoms with Crippen molar-refractivity contribution in [1.82, 2.24) is 25.2 Å². The first kappa shape index (κ1) is 31.2. The van der Waals surface area contributed by atoms with Gasteiger partial charge in [0.15, 0.2) is 5.65 Å². The summed E-state index contributed by atoms with van der Waals surface area (Å²) in [5.74, 6) is -2.16. The van der Waals surface area contributed by atoms with Crippen LogP contribution in [0.3, 0.4) is 0 Å². The number of amides is 3. The zero-order valence-electron chi connectivity index (χ0n) is 25.6. The number of halogens is 1. The average molecular weight is 643 g/mol. The highest BCUT2D eigenvalue weighted by Crippen LogP contribution is 2.35. The van der Waals surface area contributed by atoms with E-state index in [1.807, 2.05) is 6.92 Å². The molecule has 4 aromatic rings. The van der Waals surface area contributed by atoms with E-state index in [0.717, 1.165) is 36.8 Å². The van der Waals surface area contributed by atoms with Gasteiger partial charge in [0.25, 0.3) is 17.7 Å². The molecule has 0 spiro atoms. The van der Waals surface area contributed by atoms with E-state index >= 15 is 0 Å². The van der Waals surface area contributed by atoms with E-state index in [0.29, 0.717) is 35.0 Å². The average Bonchev–Trinajstić information content (AvgIpc) is 3.67. The predicted octanol–water partition coefficient (Wildman–Crippen LogP) is 5.76. The molecule has 2 aromatic carbocycles. The number of benzene rings is 2. The van der Waals surface area contributed by atoms with Gasteiger partial charge in [-0.15, -0.1) is 0 Å². The molecule has 2 heterocycles. The maximum atomic E-state index is 13.9. The summed E-state index contributed by atoms with van der Waals surface area (Å²) in [6.45, 7) is 3.76. The van der Waals surface area contributed by atoms with Gasteiger partial charge in [0, 0.05) is 12.1 Å². The van der Waals surface area contributed by atoms with E-state index in [1.165, 1.54) is 23.2 Å². The van der Waals surface area contributed by atoms with Crippen LogP contribution in [-0.2, 0) is 6.42 Å². The van der Waals surface area contributed by atoms with Crippen molar-refractivity contribution in [3.63, 3.8) is 0 Å². The first-order valence-corrected chi connectivity index (χ1v) is 15.9. The van der Waals surface area contributed by atoms with Crippen LogP contribution in [0.1, 0.15) is 110 Å². The van der Waals surface area contributed by atoms with Crippen molar-refractivity contribution in [3.8, 4) is 0 Å². The van der Waals surface area contributed by atoms with E-state index in [9.17, 15) is 24.3 Å². The number of carboxylic acid groups (broad SMARTS) is 1. The van der Waals surface area contributed by atoms with Gasteiger partial charge in [0.2, 0.25) is 0 Å². The van der Waals surface area contributed by atoms with Crippen LogP contribution in [0.15, 0.2) is 48.7 Å². The predicted molar refractivity (Wildman–Crippen MR) is 173 cm³/mol. The Kier molecular flexibility index (Phi) is 8.77. The third-order valence-corrected chi connectivity index (χ3v) is 9.58. The molecule has 3 amide bonds. The third-order valence-electron chi connectivity index (χ3n) is 9.25. The molecular weight excluding hydrogens is 608 g/mol. The maximum Gasteiger partial charge on any atom is 0.335 e. The minimum atomic E-state index is -0.997. The minimum absolute atomic E-state index is 0.0126. The number of carbonyl (C=O) groups is 4. The topological polar surface area (TPSA) is 155 Å². The van der Waals surface area contributed by atoms with Gasteiger partial charge in [-0.1, -0.05) is 49.1 Å². The molecular formula is C34H35ClN6O5. The van der Waals surface area contributed by atoms with Gasteiger partial charge in [-0.3, -0.25) is 14.4 Å². The van der Waals surface area contributed by atoms with Crippen LogP contribution < -0.4 is 16.0 Å². The first-order chi connectivity index (χ1) is 22.1. The largest absolute Gasteiger partial charge is 0.478 e. The minimum Gasteiger partial charge on any atom is -0.478 e. The fourth-order valence-electron chi connectivity index (χ4n) is 6.68. The molecule has 0 unspecified atom stereocenters. The van der Waals surface area contributed by atoms with Crippen LogP contribution in [-0.4, -0.2) is 49.4 Å². The molecule has 0 bridgehead atoms. The van der Waals surface area contributed by atoms with Crippen LogP contribution in [0.4, 0.5) is 5.69 Å². The van der Waals surface area contributed by atoms with Crippen LogP contribution in [0.25, 0.3) is 5.65 Å². The number of aromatic nitrogens is 3. The molecule has 238 valence electrons. The standard InChI is InChI=1S/C34H35ClN6O5/c1-18-21-14-15-26(23(21)13-12-22(18)34(45)46)39-33(44)29-16-28(32(43)37-19(2)20-8-4-3-5-9-20)38-30-24(17-36-41(29)30)31(42)40-27-11-7-6-10-25(27)35/h6-7,10-13,16-17,19-20,26H,3-5,8-9,14-15H2,1-2H3,(H,37,43)(H,39,44)(H,40,42)(H,45,46)/t19-,26-/m0/s1. The summed E-state index contributed by atoms with van der Waals surface area (Å²) in [6, 6.07) is 11.0. The second-order valence-electron chi connectivity index (χ2n) is 12.1. The van der Waals surface area contributed by atoms with Gasteiger partial charge in [-0.05, 0) is 80.3 Å². The zero-order chi connectivity index (χ0) is 32.5. The number of fused-ring (bicyclic) bond motifs is 2. The Morgan fingerprint density at radius 2 is 1.74 bits per heavy atom. The Balaban J connectivity index is 1.34. The van der Waals surface area contributed by atoms with Crippen molar-refractivity contribution in [2.45, 2.75) is 70.9 Å². The van der Waals surface area contributed by atoms with Crippen LogP contribution in [0.2, 0.25) is 5.02 Å². The summed E-state index contributed by atoms with van der Waals surface area (Å²) in [4.78, 5) is 57.1. The molecule has 12 heteroatoms. The number of aromatic carboxylic acids is 1. The summed E-state index contributed by atoms with van der Waals surface area (Å²) in [7, 11) is 0. The summed E-state index contributed by atoms with van der Waals surface area (Å²) < 4.78 is 1.26. The number of rotatable bonds is 8. The Morgan fingerprint density at radius 1 is 0.978 bits per heavy atom. The van der Waals surface area contributed by atoms with Crippen LogP contribution in [0.5, 0.6) is 0 Å². The molecule has 0 aliphatic heterocycles. The fourth-order valence-corrected chi connectivity index (χ4v) is 6.86. The number of hydrogen-bond acceptors (Lipinski definition) is 6. The van der Waals surface area contributed by atoms with Crippen molar-refractivity contribution in [1.29, 1.82) is 0 Å². The molecule has 1 saturated carbocycles. The maximum absolute atomic E-state index is 13.9. The molecule has 4 N–H and O–H groups in total. The normalized spacial score (nSPS) is 16.9. The van der Waals surface area contributed by atoms with Gasteiger partial charge in [-0.25, -0.2) is 14.3 Å². The highest BCUT2D eigenvalue weighted by Gasteiger charge is 2.30. The van der Waals surface area contributed by atoms with Crippen molar-refractivity contribution in [2.75, 3.05) is 5.32 Å². The highest BCUT2D eigenvalue weighted by atomic mass is 35.5. The van der Waals surface area contributed by atoms with Gasteiger partial charge in [0.05, 0.1) is 28.5 Å². The third kappa shape index (κ3) is 6.06. The van der Waals surface area contributed by atoms with E-state index in [4.69, 9.17) is 11.6 Å². The molecule has 2 aliphatic rings. The summed E-state index contributed by atoms with van der Waals surface area (Å²) >= 11 is 6.26. The molecule has 2 aliphatic carbocycles. The number of nitrogens with zero attached hydrogens (tertiary/aromatic N) is 3. The molecule has 6 rings (SSSR count). The van der Waals surface area contributed by atoms with E-state index in [-0.39, 0.29) is 40.2 Å². The SMILES string of the molecule is Cc1c(C(=O)O)ccc2c1CC[C@@H]2NC(=O)c1cc(C(=O)N[C@@H](C)C2CCCCC2)nc2c(C(=O)Nc3ccccc3Cl)cnn12. The monoisotopic (exact) mass is 642 g/mol. The zero-order valence-corrected chi connectivity index (χ0v) is 26.4. The lowest BCUT2D eigenvalue weighted by molar-refractivity contribution is 0.0695. The number of hydrogen-bond donors (Lipinski definition) is 4. The van der Waals surface area contributed by atoms with Gasteiger partial charge < -0.3 is 21.1 Å².